The van der Waals surface area contributed by atoms with Crippen molar-refractivity contribution in [2.24, 2.45) is 0 Å². The van der Waals surface area contributed by atoms with Crippen molar-refractivity contribution in [1.29, 1.82) is 0 Å². The molecule has 146 valence electrons. The van der Waals surface area contributed by atoms with Crippen molar-refractivity contribution >= 4 is 11.8 Å². The zero-order valence-corrected chi connectivity index (χ0v) is 15.3. The van der Waals surface area contributed by atoms with Gasteiger partial charge in [-0.2, -0.15) is 0 Å². The second-order valence-corrected chi connectivity index (χ2v) is 6.66. The molecule has 0 radical (unpaired) electrons. The number of nitrogens with zero attached hydrogens (tertiary/aromatic N) is 1. The summed E-state index contributed by atoms with van der Waals surface area (Å²) in [7, 11) is 0. The highest BCUT2D eigenvalue weighted by Gasteiger charge is 2.34. The number of carbonyl (C=O) groups is 2. The molecule has 1 aliphatic rings. The summed E-state index contributed by atoms with van der Waals surface area (Å²) in [5, 5.41) is 0. The molecular weight excluding hydrogens is 376 g/mol. The second-order valence-electron chi connectivity index (χ2n) is 6.66. The van der Waals surface area contributed by atoms with Crippen molar-refractivity contribution in [3.05, 3.63) is 107 Å². The van der Waals surface area contributed by atoms with Gasteiger partial charge in [0.15, 0.2) is 0 Å². The fourth-order valence-electron chi connectivity index (χ4n) is 3.36. The van der Waals surface area contributed by atoms with E-state index >= 15 is 0 Å². The smallest absolute Gasteiger partial charge is 0.261 e. The highest BCUT2D eigenvalue weighted by Crippen LogP contribution is 2.27. The fourth-order valence-corrected chi connectivity index (χ4v) is 3.36. The number of amides is 2. The average Bonchev–Trinajstić information content (AvgIpc) is 2.98. The third-order valence-corrected chi connectivity index (χ3v) is 4.82. The van der Waals surface area contributed by atoms with E-state index in [1.165, 1.54) is 24.3 Å². The van der Waals surface area contributed by atoms with E-state index in [2.05, 4.69) is 0 Å². The summed E-state index contributed by atoms with van der Waals surface area (Å²) in [6, 6.07) is 18.3. The summed E-state index contributed by atoms with van der Waals surface area (Å²) in [6.07, 6.45) is -0.591. The minimum Gasteiger partial charge on any atom is -0.367 e. The molecule has 0 spiro atoms. The number of carbonyl (C=O) groups excluding carboxylic acids is 2. The Labute approximate surface area is 166 Å². The van der Waals surface area contributed by atoms with Crippen LogP contribution in [0.1, 0.15) is 37.9 Å². The number of imide groups is 1. The first-order chi connectivity index (χ1) is 14.0. The summed E-state index contributed by atoms with van der Waals surface area (Å²) in [5.41, 5.74) is 2.12. The van der Waals surface area contributed by atoms with Crippen molar-refractivity contribution in [2.75, 3.05) is 13.2 Å². The highest BCUT2D eigenvalue weighted by molar-refractivity contribution is 6.21. The third kappa shape index (κ3) is 3.79. The maximum atomic E-state index is 13.3. The van der Waals surface area contributed by atoms with Crippen LogP contribution in [-0.4, -0.2) is 29.9 Å². The van der Waals surface area contributed by atoms with Gasteiger partial charge in [-0.15, -0.1) is 0 Å². The molecule has 1 aliphatic heterocycles. The van der Waals surface area contributed by atoms with E-state index in [1.807, 2.05) is 0 Å². The SMILES string of the molecule is O=C1c2ccccc2C(=O)N1CCOC(c1ccc(F)cc1)c1ccc(F)cc1. The molecule has 29 heavy (non-hydrogen) atoms. The van der Waals surface area contributed by atoms with Gasteiger partial charge in [0.1, 0.15) is 17.7 Å². The van der Waals surface area contributed by atoms with Crippen LogP contribution in [0.2, 0.25) is 0 Å². The lowest BCUT2D eigenvalue weighted by Crippen LogP contribution is -2.33. The number of hydrogen-bond donors (Lipinski definition) is 0. The monoisotopic (exact) mass is 393 g/mol. The molecule has 4 nitrogen and oxygen atoms in total. The highest BCUT2D eigenvalue weighted by atomic mass is 19.1. The number of rotatable bonds is 6. The van der Waals surface area contributed by atoms with Gasteiger partial charge >= 0.3 is 0 Å². The quantitative estimate of drug-likeness (QED) is 0.585. The summed E-state index contributed by atoms with van der Waals surface area (Å²) >= 11 is 0. The first-order valence-corrected chi connectivity index (χ1v) is 9.12. The van der Waals surface area contributed by atoms with Gasteiger partial charge in [-0.05, 0) is 47.5 Å². The van der Waals surface area contributed by atoms with E-state index < -0.39 is 6.10 Å². The minimum atomic E-state index is -0.591. The van der Waals surface area contributed by atoms with Gasteiger partial charge in [0.25, 0.3) is 11.8 Å². The minimum absolute atomic E-state index is 0.0743. The van der Waals surface area contributed by atoms with E-state index in [9.17, 15) is 18.4 Å². The van der Waals surface area contributed by atoms with Crippen LogP contribution in [0.15, 0.2) is 72.8 Å². The Morgan fingerprint density at radius 1 is 0.724 bits per heavy atom. The molecule has 6 heteroatoms. The summed E-state index contributed by atoms with van der Waals surface area (Å²) in [5.74, 6) is -1.46. The molecule has 1 heterocycles. The number of fused-ring (bicyclic) bond motifs is 1. The average molecular weight is 393 g/mol. The van der Waals surface area contributed by atoms with Gasteiger partial charge in [0.05, 0.1) is 24.3 Å². The molecule has 0 N–H and O–H groups in total. The van der Waals surface area contributed by atoms with Crippen LogP contribution in [0, 0.1) is 11.6 Å². The lowest BCUT2D eigenvalue weighted by Gasteiger charge is -2.21. The Kier molecular flexibility index (Phi) is 5.18. The van der Waals surface area contributed by atoms with Crippen LogP contribution in [0.4, 0.5) is 8.78 Å². The molecule has 4 rings (SSSR count). The van der Waals surface area contributed by atoms with Crippen LogP contribution in [0.3, 0.4) is 0 Å². The molecular formula is C23H17F2NO3. The van der Waals surface area contributed by atoms with E-state index in [1.54, 1.807) is 48.5 Å². The predicted octanol–water partition coefficient (Wildman–Crippen LogP) is 4.37. The van der Waals surface area contributed by atoms with Gasteiger partial charge in [-0.3, -0.25) is 14.5 Å². The molecule has 0 unspecified atom stereocenters. The van der Waals surface area contributed by atoms with Crippen molar-refractivity contribution in [2.45, 2.75) is 6.10 Å². The number of benzene rings is 3. The Morgan fingerprint density at radius 2 is 1.17 bits per heavy atom. The van der Waals surface area contributed by atoms with Crippen LogP contribution >= 0.6 is 0 Å². The maximum Gasteiger partial charge on any atom is 0.261 e. The number of hydrogen-bond acceptors (Lipinski definition) is 3. The van der Waals surface area contributed by atoms with Gasteiger partial charge < -0.3 is 4.74 Å². The van der Waals surface area contributed by atoms with Crippen molar-refractivity contribution in [3.8, 4) is 0 Å². The van der Waals surface area contributed by atoms with Crippen LogP contribution in [-0.2, 0) is 4.74 Å². The van der Waals surface area contributed by atoms with Crippen LogP contribution < -0.4 is 0 Å². The molecule has 0 fully saturated rings. The first kappa shape index (κ1) is 19.0. The lowest BCUT2D eigenvalue weighted by atomic mass is 10.0. The topological polar surface area (TPSA) is 46.6 Å². The predicted molar refractivity (Wildman–Crippen MR) is 102 cm³/mol. The van der Waals surface area contributed by atoms with Crippen molar-refractivity contribution in [1.82, 2.24) is 4.90 Å². The molecule has 0 atom stereocenters. The zero-order valence-electron chi connectivity index (χ0n) is 15.3. The van der Waals surface area contributed by atoms with Gasteiger partial charge in [-0.25, -0.2) is 8.78 Å². The lowest BCUT2D eigenvalue weighted by molar-refractivity contribution is 0.0452. The Morgan fingerprint density at radius 3 is 1.62 bits per heavy atom. The molecule has 2 amide bonds. The summed E-state index contributed by atoms with van der Waals surface area (Å²) in [6.45, 7) is 0.149. The molecule has 0 aromatic heterocycles. The molecule has 0 bridgehead atoms. The van der Waals surface area contributed by atoms with E-state index in [0.29, 0.717) is 22.3 Å². The Balaban J connectivity index is 1.50. The molecule has 3 aromatic carbocycles. The molecule has 0 saturated heterocycles. The summed E-state index contributed by atoms with van der Waals surface area (Å²) < 4.78 is 32.6. The van der Waals surface area contributed by atoms with Gasteiger partial charge in [-0.1, -0.05) is 36.4 Å². The number of ether oxygens (including phenoxy) is 1. The largest absolute Gasteiger partial charge is 0.367 e. The first-order valence-electron chi connectivity index (χ1n) is 9.12. The fraction of sp³-hybridized carbons (Fsp3) is 0.130. The van der Waals surface area contributed by atoms with E-state index in [-0.39, 0.29) is 36.6 Å². The van der Waals surface area contributed by atoms with E-state index in [4.69, 9.17) is 4.74 Å². The van der Waals surface area contributed by atoms with Crippen molar-refractivity contribution in [3.63, 3.8) is 0 Å². The van der Waals surface area contributed by atoms with Crippen molar-refractivity contribution < 1.29 is 23.1 Å². The third-order valence-electron chi connectivity index (χ3n) is 4.82. The molecule has 3 aromatic rings. The zero-order chi connectivity index (χ0) is 20.4. The normalized spacial score (nSPS) is 13.3. The van der Waals surface area contributed by atoms with E-state index in [0.717, 1.165) is 4.90 Å². The van der Waals surface area contributed by atoms with Crippen LogP contribution in [0.5, 0.6) is 0 Å². The Bertz CT molecular complexity index is 968. The number of halogens is 2. The summed E-state index contributed by atoms with van der Waals surface area (Å²) in [4.78, 5) is 26.1. The van der Waals surface area contributed by atoms with Gasteiger partial charge in [0, 0.05) is 0 Å². The molecule has 0 aliphatic carbocycles. The van der Waals surface area contributed by atoms with Gasteiger partial charge in [0.2, 0.25) is 0 Å². The maximum absolute atomic E-state index is 13.3. The second kappa shape index (κ2) is 7.93. The molecule has 0 saturated carbocycles. The standard InChI is InChI=1S/C23H17F2NO3/c24-17-9-5-15(6-10-17)21(16-7-11-18(25)12-8-16)29-14-13-26-22(27)19-3-1-2-4-20(19)23(26)28/h1-12,21H,13-14H2. The van der Waals surface area contributed by atoms with Crippen LogP contribution in [0.25, 0.3) is 0 Å². The Hall–Kier alpha value is -3.38.